The number of aromatic nitrogens is 4. The molecular weight excluding hydrogens is 567 g/mol. The van der Waals surface area contributed by atoms with Crippen molar-refractivity contribution in [3.8, 4) is 44.3 Å². The first-order valence-electron chi connectivity index (χ1n) is 13.5. The van der Waals surface area contributed by atoms with E-state index in [2.05, 4.69) is 97.1 Å². The van der Waals surface area contributed by atoms with Crippen LogP contribution in [-0.4, -0.2) is 34.4 Å². The second-order valence-electron chi connectivity index (χ2n) is 9.93. The Kier molecular flexibility index (Phi) is 5.77. The molecule has 0 aliphatic heterocycles. The predicted molar refractivity (Wildman–Crippen MR) is 169 cm³/mol. The van der Waals surface area contributed by atoms with Gasteiger partial charge in [0, 0.05) is 0 Å². The van der Waals surface area contributed by atoms with Gasteiger partial charge >= 0.3 is 237 Å². The van der Waals surface area contributed by atoms with E-state index >= 15 is 0 Å². The molecule has 2 heterocycles. The number of hydrogen-bond acceptors (Lipinski definition) is 4. The monoisotopic (exact) mass is 590 g/mol. The number of hydrogen-bond donors (Lipinski definition) is 0. The third-order valence-corrected chi connectivity index (χ3v) is 9.77. The van der Waals surface area contributed by atoms with Crippen molar-refractivity contribution >= 4 is 45.8 Å². The molecule has 6 aromatic carbocycles. The zero-order valence-electron chi connectivity index (χ0n) is 21.9. The van der Waals surface area contributed by atoms with Crippen LogP contribution in [0, 0.1) is 0 Å². The Bertz CT molecular complexity index is 2210. The summed E-state index contributed by atoms with van der Waals surface area (Å²) >= 11 is 0.110. The van der Waals surface area contributed by atoms with E-state index in [1.54, 1.807) is 0 Å². The van der Waals surface area contributed by atoms with E-state index in [-0.39, 0.29) is 14.5 Å². The predicted octanol–water partition coefficient (Wildman–Crippen LogP) is 8.45. The summed E-state index contributed by atoms with van der Waals surface area (Å²) in [6, 6.07) is 46.1. The van der Waals surface area contributed by atoms with Crippen LogP contribution in [0.3, 0.4) is 0 Å². The third-order valence-electron chi connectivity index (χ3n) is 7.35. The van der Waals surface area contributed by atoms with Gasteiger partial charge < -0.3 is 0 Å². The van der Waals surface area contributed by atoms with E-state index in [4.69, 9.17) is 19.9 Å². The van der Waals surface area contributed by atoms with Gasteiger partial charge in [-0.15, -0.1) is 0 Å². The molecule has 0 saturated carbocycles. The van der Waals surface area contributed by atoms with Gasteiger partial charge in [0.25, 0.3) is 0 Å². The van der Waals surface area contributed by atoms with Crippen LogP contribution in [0.2, 0.25) is 0 Å². The average molecular weight is 590 g/mol. The fraction of sp³-hybridized carbons (Fsp3) is 0. The maximum atomic E-state index is 5.07. The van der Waals surface area contributed by atoms with Crippen molar-refractivity contribution in [2.24, 2.45) is 0 Å². The van der Waals surface area contributed by atoms with E-state index in [1.807, 2.05) is 36.4 Å². The van der Waals surface area contributed by atoms with Crippen LogP contribution in [0.1, 0.15) is 0 Å². The molecule has 0 aliphatic rings. The van der Waals surface area contributed by atoms with Gasteiger partial charge in [0.15, 0.2) is 0 Å². The van der Waals surface area contributed by atoms with Crippen LogP contribution in [0.4, 0.5) is 0 Å². The van der Waals surface area contributed by atoms with Gasteiger partial charge in [0.1, 0.15) is 0 Å². The molecule has 0 saturated heterocycles. The Balaban J connectivity index is 1.34. The molecule has 0 spiro atoms. The van der Waals surface area contributed by atoms with Crippen molar-refractivity contribution in [2.45, 2.75) is 0 Å². The Labute approximate surface area is 242 Å². The summed E-state index contributed by atoms with van der Waals surface area (Å²) in [5, 5.41) is 4.69. The van der Waals surface area contributed by atoms with Gasteiger partial charge in [0.2, 0.25) is 0 Å². The van der Waals surface area contributed by atoms with Gasteiger partial charge in [-0.1, -0.05) is 6.07 Å². The number of fused-ring (bicyclic) bond motifs is 4. The molecule has 192 valence electrons. The normalized spacial score (nSPS) is 11.4. The summed E-state index contributed by atoms with van der Waals surface area (Å²) in [7, 11) is 0. The molecule has 5 heteroatoms. The van der Waals surface area contributed by atoms with Gasteiger partial charge in [-0.05, 0) is 0 Å². The summed E-state index contributed by atoms with van der Waals surface area (Å²) in [4.78, 5) is 20.0. The van der Waals surface area contributed by atoms with Crippen molar-refractivity contribution in [1.29, 1.82) is 0 Å². The van der Waals surface area contributed by atoms with E-state index in [0.717, 1.165) is 37.5 Å². The van der Waals surface area contributed by atoms with Gasteiger partial charge in [-0.2, -0.15) is 0 Å². The van der Waals surface area contributed by atoms with Crippen molar-refractivity contribution < 1.29 is 0 Å². The molecule has 2 aromatic heterocycles. The van der Waals surface area contributed by atoms with Crippen molar-refractivity contribution in [3.63, 3.8) is 0 Å². The van der Waals surface area contributed by atoms with Crippen LogP contribution in [0.15, 0.2) is 133 Å². The molecule has 41 heavy (non-hydrogen) atoms. The Morgan fingerprint density at radius 2 is 1.10 bits per heavy atom. The van der Waals surface area contributed by atoms with Crippen molar-refractivity contribution in [1.82, 2.24) is 19.9 Å². The molecule has 0 N–H and O–H groups in total. The molecule has 0 unspecified atom stereocenters. The Morgan fingerprint density at radius 1 is 0.415 bits per heavy atom. The first-order chi connectivity index (χ1) is 20.3. The summed E-state index contributed by atoms with van der Waals surface area (Å²) in [5.41, 5.74) is 5.18. The summed E-state index contributed by atoms with van der Waals surface area (Å²) < 4.78 is 2.47. The SMILES string of the molecule is c1ccc(-c2nc(-c3ccc4ccccc4c3)nc(-c3cccc4c3ccc3nc(-c5ccccc5)[se]c34)n2)cc1. The second kappa shape index (κ2) is 9.90. The first-order valence-corrected chi connectivity index (χ1v) is 15.2. The fourth-order valence-corrected chi connectivity index (χ4v) is 7.61. The molecule has 8 rings (SSSR count). The Morgan fingerprint density at radius 3 is 1.90 bits per heavy atom. The summed E-state index contributed by atoms with van der Waals surface area (Å²) in [5.74, 6) is 2.00. The third kappa shape index (κ3) is 4.33. The van der Waals surface area contributed by atoms with E-state index in [0.29, 0.717) is 17.5 Å². The molecule has 0 bridgehead atoms. The zero-order valence-corrected chi connectivity index (χ0v) is 23.6. The molecule has 0 fully saturated rings. The van der Waals surface area contributed by atoms with Gasteiger partial charge in [-0.25, -0.2) is 0 Å². The quantitative estimate of drug-likeness (QED) is 0.193. The molecule has 0 amide bonds. The standard InChI is InChI=1S/C36H22N4Se/c1-3-11-24(12-4-1)33-38-34(27-19-18-23-10-7-8-15-26(23)22-27)40-35(39-33)30-17-9-16-29-28(30)20-21-31-32(29)41-36(37-31)25-13-5-2-6-14-25/h1-22H. The average Bonchev–Trinajstić information content (AvgIpc) is 3.50. The number of nitrogens with zero attached hydrogens (tertiary/aromatic N) is 4. The van der Waals surface area contributed by atoms with Gasteiger partial charge in [-0.3, -0.25) is 0 Å². The van der Waals surface area contributed by atoms with Crippen LogP contribution in [-0.2, 0) is 0 Å². The van der Waals surface area contributed by atoms with E-state index in [9.17, 15) is 0 Å². The van der Waals surface area contributed by atoms with Crippen molar-refractivity contribution in [3.05, 3.63) is 133 Å². The summed E-state index contributed by atoms with van der Waals surface area (Å²) in [6.07, 6.45) is 0. The molecule has 0 radical (unpaired) electrons. The minimum atomic E-state index is 0.110. The van der Waals surface area contributed by atoms with E-state index in [1.165, 1.54) is 20.6 Å². The summed E-state index contributed by atoms with van der Waals surface area (Å²) in [6.45, 7) is 0. The molecule has 0 atom stereocenters. The van der Waals surface area contributed by atoms with Crippen LogP contribution >= 0.6 is 0 Å². The molecule has 0 aliphatic carbocycles. The molecular formula is C36H22N4Se. The second-order valence-corrected chi connectivity index (χ2v) is 12.0. The maximum absolute atomic E-state index is 5.07. The van der Waals surface area contributed by atoms with Crippen LogP contribution in [0.25, 0.3) is 75.6 Å². The first kappa shape index (κ1) is 23.9. The van der Waals surface area contributed by atoms with Crippen LogP contribution < -0.4 is 0 Å². The fourth-order valence-electron chi connectivity index (χ4n) is 5.31. The van der Waals surface area contributed by atoms with E-state index < -0.39 is 0 Å². The molecule has 8 aromatic rings. The Hall–Kier alpha value is -4.96. The van der Waals surface area contributed by atoms with Crippen molar-refractivity contribution in [2.75, 3.05) is 0 Å². The zero-order chi connectivity index (χ0) is 27.2. The topological polar surface area (TPSA) is 51.6 Å². The van der Waals surface area contributed by atoms with Crippen LogP contribution in [0.5, 0.6) is 0 Å². The minimum absolute atomic E-state index is 0.110. The number of rotatable bonds is 4. The molecule has 4 nitrogen and oxygen atoms in total. The van der Waals surface area contributed by atoms with Gasteiger partial charge in [0.05, 0.1) is 0 Å². The number of benzene rings is 6.